The highest BCUT2D eigenvalue weighted by atomic mass is 35.5. The zero-order valence-corrected chi connectivity index (χ0v) is 18.6. The van der Waals surface area contributed by atoms with E-state index in [9.17, 15) is 9.59 Å². The third-order valence-electron chi connectivity index (χ3n) is 4.64. The maximum atomic E-state index is 12.7. The Kier molecular flexibility index (Phi) is 7.07. The number of benzene rings is 2. The molecule has 1 aliphatic rings. The van der Waals surface area contributed by atoms with E-state index >= 15 is 0 Å². The van der Waals surface area contributed by atoms with Crippen LogP contribution in [-0.4, -0.2) is 25.2 Å². The first-order valence-electron chi connectivity index (χ1n) is 9.83. The van der Waals surface area contributed by atoms with Crippen molar-refractivity contribution in [3.05, 3.63) is 69.9 Å². The van der Waals surface area contributed by atoms with Crippen LogP contribution in [0, 0.1) is 0 Å². The lowest BCUT2D eigenvalue weighted by Gasteiger charge is -2.29. The fourth-order valence-electron chi connectivity index (χ4n) is 3.26. The number of rotatable bonds is 7. The predicted octanol–water partition coefficient (Wildman–Crippen LogP) is 4.51. The number of halogens is 1. The van der Waals surface area contributed by atoms with Crippen molar-refractivity contribution in [3.8, 4) is 11.5 Å². The van der Waals surface area contributed by atoms with Crippen molar-refractivity contribution < 1.29 is 23.8 Å². The highest BCUT2D eigenvalue weighted by Crippen LogP contribution is 2.35. The third kappa shape index (κ3) is 5.49. The smallest absolute Gasteiger partial charge is 0.338 e. The van der Waals surface area contributed by atoms with Gasteiger partial charge in [0.25, 0.3) is 0 Å². The summed E-state index contributed by atoms with van der Waals surface area (Å²) in [6.45, 7) is 5.52. The molecule has 1 unspecified atom stereocenters. The van der Waals surface area contributed by atoms with Gasteiger partial charge in [-0.1, -0.05) is 29.8 Å². The average Bonchev–Trinajstić information content (AvgIpc) is 2.71. The lowest BCUT2D eigenvalue weighted by atomic mass is 9.95. The van der Waals surface area contributed by atoms with Crippen LogP contribution < -0.4 is 20.1 Å². The second-order valence-corrected chi connectivity index (χ2v) is 7.79. The minimum absolute atomic E-state index is 0.289. The molecule has 8 heteroatoms. The summed E-state index contributed by atoms with van der Waals surface area (Å²) < 4.78 is 16.8. The minimum atomic E-state index is -0.684. The summed E-state index contributed by atoms with van der Waals surface area (Å²) in [5.74, 6) is 0.505. The molecule has 2 aromatic carbocycles. The maximum Gasteiger partial charge on any atom is 0.338 e. The fourth-order valence-corrected chi connectivity index (χ4v) is 3.48. The standard InChI is InChI=1S/C23H25ClN2O5/c1-13(2)31-22(27)20-14(3)25-23(28)26-21(20)16-8-9-18(19(11-16)29-4)30-12-15-6-5-7-17(24)10-15/h5-11,13,21H,12H2,1-4H3,(H2,25,26,28). The second kappa shape index (κ2) is 9.75. The van der Waals surface area contributed by atoms with Crippen molar-refractivity contribution in [1.82, 2.24) is 10.6 Å². The van der Waals surface area contributed by atoms with Crippen LogP contribution in [0.15, 0.2) is 53.7 Å². The summed E-state index contributed by atoms with van der Waals surface area (Å²) in [5.41, 5.74) is 2.36. The largest absolute Gasteiger partial charge is 0.493 e. The van der Waals surface area contributed by atoms with Crippen molar-refractivity contribution in [2.75, 3.05) is 7.11 Å². The van der Waals surface area contributed by atoms with Crippen LogP contribution >= 0.6 is 11.6 Å². The predicted molar refractivity (Wildman–Crippen MR) is 117 cm³/mol. The summed E-state index contributed by atoms with van der Waals surface area (Å²) in [5, 5.41) is 6.04. The molecule has 1 heterocycles. The van der Waals surface area contributed by atoms with Gasteiger partial charge in [0.1, 0.15) is 6.61 Å². The molecule has 7 nitrogen and oxygen atoms in total. The summed E-state index contributed by atoms with van der Waals surface area (Å²) in [6, 6.07) is 11.6. The highest BCUT2D eigenvalue weighted by molar-refractivity contribution is 6.30. The molecule has 0 aliphatic carbocycles. The minimum Gasteiger partial charge on any atom is -0.493 e. The third-order valence-corrected chi connectivity index (χ3v) is 4.87. The Morgan fingerprint density at radius 2 is 1.94 bits per heavy atom. The van der Waals surface area contributed by atoms with Crippen LogP contribution in [0.5, 0.6) is 11.5 Å². The summed E-state index contributed by atoms with van der Waals surface area (Å²) in [7, 11) is 1.53. The lowest BCUT2D eigenvalue weighted by Crippen LogP contribution is -2.45. The molecule has 2 amide bonds. The molecule has 0 spiro atoms. The molecule has 0 aromatic heterocycles. The molecule has 31 heavy (non-hydrogen) atoms. The topological polar surface area (TPSA) is 85.9 Å². The number of urea groups is 1. The number of amides is 2. The van der Waals surface area contributed by atoms with E-state index in [1.807, 2.05) is 18.2 Å². The second-order valence-electron chi connectivity index (χ2n) is 7.35. The van der Waals surface area contributed by atoms with Gasteiger partial charge in [-0.25, -0.2) is 9.59 Å². The molecule has 164 valence electrons. The molecule has 1 aliphatic heterocycles. The number of hydrogen-bond acceptors (Lipinski definition) is 5. The molecule has 0 saturated heterocycles. The Morgan fingerprint density at radius 1 is 1.16 bits per heavy atom. The molecule has 2 aromatic rings. The molecule has 3 rings (SSSR count). The molecular weight excluding hydrogens is 420 g/mol. The summed E-state index contributed by atoms with van der Waals surface area (Å²) in [6.07, 6.45) is -0.289. The van der Waals surface area contributed by atoms with Crippen LogP contribution in [0.4, 0.5) is 4.79 Å². The van der Waals surface area contributed by atoms with Crippen molar-refractivity contribution in [2.45, 2.75) is 39.5 Å². The van der Waals surface area contributed by atoms with E-state index in [-0.39, 0.29) is 6.10 Å². The van der Waals surface area contributed by atoms with Gasteiger partial charge in [-0.15, -0.1) is 0 Å². The van der Waals surface area contributed by atoms with Gasteiger partial charge in [-0.3, -0.25) is 0 Å². The zero-order valence-electron chi connectivity index (χ0n) is 17.8. The first kappa shape index (κ1) is 22.5. The maximum absolute atomic E-state index is 12.7. The molecule has 0 bridgehead atoms. The van der Waals surface area contributed by atoms with E-state index in [4.69, 9.17) is 25.8 Å². The quantitative estimate of drug-likeness (QED) is 0.614. The van der Waals surface area contributed by atoms with E-state index in [1.165, 1.54) is 7.11 Å². The van der Waals surface area contributed by atoms with Gasteiger partial charge < -0.3 is 24.8 Å². The number of carbonyl (C=O) groups is 2. The van der Waals surface area contributed by atoms with Crippen molar-refractivity contribution in [1.29, 1.82) is 0 Å². The van der Waals surface area contributed by atoms with Crippen molar-refractivity contribution in [3.63, 3.8) is 0 Å². The zero-order chi connectivity index (χ0) is 22.5. The summed E-state index contributed by atoms with van der Waals surface area (Å²) >= 11 is 6.02. The number of allylic oxidation sites excluding steroid dienone is 1. The van der Waals surface area contributed by atoms with Gasteiger partial charge in [0, 0.05) is 10.7 Å². The SMILES string of the molecule is COc1cc(C2NC(=O)NC(C)=C2C(=O)OC(C)C)ccc1OCc1cccc(Cl)c1. The van der Waals surface area contributed by atoms with E-state index in [0.29, 0.717) is 40.0 Å². The number of nitrogens with one attached hydrogen (secondary N) is 2. The van der Waals surface area contributed by atoms with Gasteiger partial charge in [-0.2, -0.15) is 0 Å². The van der Waals surface area contributed by atoms with Crippen LogP contribution in [0.3, 0.4) is 0 Å². The Hall–Kier alpha value is -3.19. The number of hydrogen-bond donors (Lipinski definition) is 2. The average molecular weight is 445 g/mol. The van der Waals surface area contributed by atoms with E-state index < -0.39 is 18.0 Å². The Morgan fingerprint density at radius 3 is 2.61 bits per heavy atom. The van der Waals surface area contributed by atoms with Gasteiger partial charge in [0.2, 0.25) is 0 Å². The van der Waals surface area contributed by atoms with Crippen LogP contribution in [0.25, 0.3) is 0 Å². The Bertz CT molecular complexity index is 1020. The van der Waals surface area contributed by atoms with Gasteiger partial charge in [0.05, 0.1) is 24.8 Å². The highest BCUT2D eigenvalue weighted by Gasteiger charge is 2.33. The summed E-state index contributed by atoms with van der Waals surface area (Å²) in [4.78, 5) is 24.8. The molecule has 0 fully saturated rings. The first-order chi connectivity index (χ1) is 14.8. The first-order valence-corrected chi connectivity index (χ1v) is 10.2. The van der Waals surface area contributed by atoms with Crippen LogP contribution in [0.1, 0.15) is 37.9 Å². The van der Waals surface area contributed by atoms with Gasteiger partial charge in [0.15, 0.2) is 11.5 Å². The monoisotopic (exact) mass is 444 g/mol. The normalized spacial score (nSPS) is 15.9. The van der Waals surface area contributed by atoms with E-state index in [0.717, 1.165) is 5.56 Å². The lowest BCUT2D eigenvalue weighted by molar-refractivity contribution is -0.143. The van der Waals surface area contributed by atoms with Crippen LogP contribution in [0.2, 0.25) is 5.02 Å². The Labute approximate surface area is 186 Å². The fraction of sp³-hybridized carbons (Fsp3) is 0.304. The number of carbonyl (C=O) groups excluding carboxylic acids is 2. The van der Waals surface area contributed by atoms with E-state index in [1.54, 1.807) is 45.0 Å². The molecule has 0 radical (unpaired) electrons. The van der Waals surface area contributed by atoms with Gasteiger partial charge >= 0.3 is 12.0 Å². The van der Waals surface area contributed by atoms with Crippen molar-refractivity contribution >= 4 is 23.6 Å². The van der Waals surface area contributed by atoms with Crippen LogP contribution in [-0.2, 0) is 16.1 Å². The molecular formula is C23H25ClN2O5. The molecule has 2 N–H and O–H groups in total. The number of ether oxygens (including phenoxy) is 3. The van der Waals surface area contributed by atoms with Gasteiger partial charge in [-0.05, 0) is 56.2 Å². The van der Waals surface area contributed by atoms with Crippen molar-refractivity contribution in [2.24, 2.45) is 0 Å². The Balaban J connectivity index is 1.88. The molecule has 1 atom stereocenters. The number of esters is 1. The number of methoxy groups -OCH3 is 1. The van der Waals surface area contributed by atoms with E-state index in [2.05, 4.69) is 10.6 Å². The molecule has 0 saturated carbocycles.